The van der Waals surface area contributed by atoms with E-state index in [1.54, 1.807) is 0 Å². The average Bonchev–Trinajstić information content (AvgIpc) is 2.55. The highest BCUT2D eigenvalue weighted by molar-refractivity contribution is 7.80. The lowest BCUT2D eigenvalue weighted by molar-refractivity contribution is 0.560. The number of fused-ring (bicyclic) bond motifs is 1. The van der Waals surface area contributed by atoms with Gasteiger partial charge in [0, 0.05) is 12.6 Å². The van der Waals surface area contributed by atoms with Crippen LogP contribution >= 0.6 is 12.2 Å². The molecular weight excluding hydrogens is 276 g/mol. The summed E-state index contributed by atoms with van der Waals surface area (Å²) in [4.78, 5) is 0.904. The second-order valence-electron chi connectivity index (χ2n) is 5.55. The Morgan fingerprint density at radius 1 is 1.10 bits per heavy atom. The molecule has 1 aliphatic rings. The maximum Gasteiger partial charge on any atom is 0.0934 e. The zero-order valence-corrected chi connectivity index (χ0v) is 13.0. The van der Waals surface area contributed by atoms with Crippen LogP contribution in [-0.2, 0) is 13.0 Å². The van der Waals surface area contributed by atoms with Crippen LogP contribution in [0.25, 0.3) is 0 Å². The van der Waals surface area contributed by atoms with Crippen molar-refractivity contribution in [1.29, 1.82) is 0 Å². The van der Waals surface area contributed by atoms with E-state index in [2.05, 4.69) is 66.1 Å². The van der Waals surface area contributed by atoms with Crippen molar-refractivity contribution in [1.82, 2.24) is 10.6 Å². The van der Waals surface area contributed by atoms with E-state index in [-0.39, 0.29) is 12.1 Å². The highest BCUT2D eigenvalue weighted by atomic mass is 32.1. The first-order valence-corrected chi connectivity index (χ1v) is 7.80. The molecule has 0 fully saturated rings. The number of thiocarbonyl (C=S) groups is 1. The predicted octanol–water partition coefficient (Wildman–Crippen LogP) is 3.38. The van der Waals surface area contributed by atoms with Crippen LogP contribution in [0.3, 0.4) is 0 Å². The van der Waals surface area contributed by atoms with E-state index in [0.717, 1.165) is 18.0 Å². The molecule has 3 rings (SSSR count). The zero-order chi connectivity index (χ0) is 14.7. The van der Waals surface area contributed by atoms with E-state index < -0.39 is 0 Å². The van der Waals surface area contributed by atoms with Gasteiger partial charge < -0.3 is 10.6 Å². The highest BCUT2D eigenvalue weighted by Crippen LogP contribution is 2.18. The van der Waals surface area contributed by atoms with Crippen molar-refractivity contribution in [3.63, 3.8) is 0 Å². The summed E-state index contributed by atoms with van der Waals surface area (Å²) in [6.07, 6.45) is 0.962. The monoisotopic (exact) mass is 296 g/mol. The third-order valence-corrected chi connectivity index (χ3v) is 4.46. The Labute approximate surface area is 131 Å². The summed E-state index contributed by atoms with van der Waals surface area (Å²) in [7, 11) is 0. The molecule has 1 unspecified atom stereocenters. The fourth-order valence-corrected chi connectivity index (χ4v) is 3.12. The Morgan fingerprint density at radius 3 is 2.52 bits per heavy atom. The summed E-state index contributed by atoms with van der Waals surface area (Å²) < 4.78 is 0. The van der Waals surface area contributed by atoms with Gasteiger partial charge in [0.05, 0.1) is 11.0 Å². The highest BCUT2D eigenvalue weighted by Gasteiger charge is 2.22. The van der Waals surface area contributed by atoms with Crippen molar-refractivity contribution in [2.45, 2.75) is 32.0 Å². The lowest BCUT2D eigenvalue weighted by atomic mass is 9.95. The molecule has 0 saturated carbocycles. The van der Waals surface area contributed by atoms with E-state index in [4.69, 9.17) is 12.2 Å². The van der Waals surface area contributed by atoms with Crippen LogP contribution in [0.2, 0.25) is 0 Å². The molecule has 1 aliphatic heterocycles. The summed E-state index contributed by atoms with van der Waals surface area (Å²) in [5, 5.41) is 6.99. The fraction of sp³-hybridized carbons (Fsp3) is 0.278. The summed E-state index contributed by atoms with van der Waals surface area (Å²) in [6, 6.07) is 19.4. The van der Waals surface area contributed by atoms with Gasteiger partial charge in [-0.15, -0.1) is 0 Å². The minimum Gasteiger partial charge on any atom is -0.372 e. The first-order chi connectivity index (χ1) is 10.2. The second kappa shape index (κ2) is 6.37. The molecule has 0 radical (unpaired) electrons. The van der Waals surface area contributed by atoms with E-state index in [9.17, 15) is 0 Å². The van der Waals surface area contributed by atoms with Crippen LogP contribution < -0.4 is 10.6 Å². The normalized spacial score (nSPS) is 18.6. The van der Waals surface area contributed by atoms with Gasteiger partial charge in [0.2, 0.25) is 0 Å². The van der Waals surface area contributed by atoms with Crippen molar-refractivity contribution >= 4 is 17.2 Å². The van der Waals surface area contributed by atoms with E-state index in [0.29, 0.717) is 0 Å². The molecule has 0 spiro atoms. The maximum absolute atomic E-state index is 5.61. The van der Waals surface area contributed by atoms with Crippen molar-refractivity contribution in [2.75, 3.05) is 0 Å². The van der Waals surface area contributed by atoms with Crippen molar-refractivity contribution in [3.05, 3.63) is 71.3 Å². The van der Waals surface area contributed by atoms with Gasteiger partial charge in [-0.3, -0.25) is 0 Å². The number of rotatable bonds is 3. The lowest BCUT2D eigenvalue weighted by Gasteiger charge is -2.29. The molecule has 2 nitrogen and oxygen atoms in total. The minimum atomic E-state index is 0.223. The third-order valence-electron chi connectivity index (χ3n) is 4.06. The van der Waals surface area contributed by atoms with Crippen LogP contribution in [0.5, 0.6) is 0 Å². The van der Waals surface area contributed by atoms with Gasteiger partial charge in [-0.25, -0.2) is 0 Å². The van der Waals surface area contributed by atoms with Gasteiger partial charge in [0.25, 0.3) is 0 Å². The number of nitrogens with one attached hydrogen (secondary N) is 2. The Hall–Kier alpha value is -1.71. The molecule has 0 aromatic heterocycles. The van der Waals surface area contributed by atoms with Crippen molar-refractivity contribution in [3.8, 4) is 0 Å². The second-order valence-corrected chi connectivity index (χ2v) is 5.99. The van der Waals surface area contributed by atoms with Crippen LogP contribution in [-0.4, -0.2) is 11.0 Å². The zero-order valence-electron chi connectivity index (χ0n) is 12.2. The Balaban J connectivity index is 1.65. The number of hydrogen-bond acceptors (Lipinski definition) is 2. The maximum atomic E-state index is 5.61. The van der Waals surface area contributed by atoms with E-state index >= 15 is 0 Å². The molecule has 108 valence electrons. The summed E-state index contributed by atoms with van der Waals surface area (Å²) >= 11 is 5.61. The van der Waals surface area contributed by atoms with Crippen LogP contribution in [0.4, 0.5) is 0 Å². The van der Waals surface area contributed by atoms with Crippen molar-refractivity contribution < 1.29 is 0 Å². The van der Waals surface area contributed by atoms with Gasteiger partial charge in [-0.2, -0.15) is 0 Å². The molecule has 0 saturated heterocycles. The molecule has 1 heterocycles. The fourth-order valence-electron chi connectivity index (χ4n) is 2.78. The molecular formula is C18H20N2S. The summed E-state index contributed by atoms with van der Waals surface area (Å²) in [5.41, 5.74) is 4.04. The largest absolute Gasteiger partial charge is 0.372 e. The molecule has 2 aromatic rings. The minimum absolute atomic E-state index is 0.223. The van der Waals surface area contributed by atoms with Gasteiger partial charge in [-0.1, -0.05) is 66.8 Å². The number of hydrogen-bond donors (Lipinski definition) is 2. The van der Waals surface area contributed by atoms with Crippen molar-refractivity contribution in [2.24, 2.45) is 0 Å². The van der Waals surface area contributed by atoms with Gasteiger partial charge >= 0.3 is 0 Å². The van der Waals surface area contributed by atoms with Crippen LogP contribution in [0, 0.1) is 0 Å². The van der Waals surface area contributed by atoms with E-state index in [1.165, 1.54) is 16.7 Å². The summed E-state index contributed by atoms with van der Waals surface area (Å²) in [6.45, 7) is 3.04. The third kappa shape index (κ3) is 3.31. The molecule has 0 aliphatic carbocycles. The molecule has 3 heteroatoms. The van der Waals surface area contributed by atoms with Gasteiger partial charge in [0.1, 0.15) is 0 Å². The summed E-state index contributed by atoms with van der Waals surface area (Å²) in [5.74, 6) is 0. The van der Waals surface area contributed by atoms with Gasteiger partial charge in [-0.05, 0) is 30.0 Å². The first kappa shape index (κ1) is 14.2. The Kier molecular flexibility index (Phi) is 4.32. The van der Waals surface area contributed by atoms with Crippen LogP contribution in [0.15, 0.2) is 54.6 Å². The quantitative estimate of drug-likeness (QED) is 0.849. The van der Waals surface area contributed by atoms with Crippen LogP contribution in [0.1, 0.15) is 29.7 Å². The standard InChI is InChI=1S/C18H20N2S/c1-13(14-7-3-2-4-8-14)20-18(21)17-11-15-9-5-6-10-16(15)12-19-17/h2-10,13,17,19H,11-12H2,1H3,(H,20,21)/t13-,17?/m0/s1. The smallest absolute Gasteiger partial charge is 0.0934 e. The molecule has 2 N–H and O–H groups in total. The molecule has 0 amide bonds. The predicted molar refractivity (Wildman–Crippen MR) is 91.4 cm³/mol. The molecule has 2 atom stereocenters. The molecule has 0 bridgehead atoms. The Morgan fingerprint density at radius 2 is 1.76 bits per heavy atom. The SMILES string of the molecule is C[C@H](NC(=S)C1Cc2ccccc2CN1)c1ccccc1. The molecule has 21 heavy (non-hydrogen) atoms. The first-order valence-electron chi connectivity index (χ1n) is 7.39. The number of benzene rings is 2. The van der Waals surface area contributed by atoms with Gasteiger partial charge in [0.15, 0.2) is 0 Å². The Bertz CT molecular complexity index is 624. The molecule has 2 aromatic carbocycles. The van der Waals surface area contributed by atoms with E-state index in [1.807, 2.05) is 6.07 Å². The lowest BCUT2D eigenvalue weighted by Crippen LogP contribution is -2.47. The average molecular weight is 296 g/mol. The topological polar surface area (TPSA) is 24.1 Å².